The van der Waals surface area contributed by atoms with Gasteiger partial charge in [-0.2, -0.15) is 0 Å². The molecule has 0 bridgehead atoms. The SMILES string of the molecule is COC(=O)C1CCCC2=C(C)C(=O)CCC21C(=O)OC. The van der Waals surface area contributed by atoms with Crippen LogP contribution in [0.4, 0.5) is 0 Å². The van der Waals surface area contributed by atoms with Gasteiger partial charge in [-0.05, 0) is 43.8 Å². The molecule has 2 rings (SSSR count). The molecule has 0 spiro atoms. The molecule has 2 aliphatic carbocycles. The van der Waals surface area contributed by atoms with Crippen molar-refractivity contribution in [3.63, 3.8) is 0 Å². The van der Waals surface area contributed by atoms with Crippen molar-refractivity contribution in [2.24, 2.45) is 11.3 Å². The molecule has 1 fully saturated rings. The van der Waals surface area contributed by atoms with Gasteiger partial charge in [-0.25, -0.2) is 0 Å². The first-order valence-corrected chi connectivity index (χ1v) is 6.88. The molecule has 0 aromatic heterocycles. The summed E-state index contributed by atoms with van der Waals surface area (Å²) in [5.74, 6) is -1.30. The second kappa shape index (κ2) is 5.38. The van der Waals surface area contributed by atoms with Crippen molar-refractivity contribution in [3.8, 4) is 0 Å². The Bertz CT molecular complexity index is 490. The van der Waals surface area contributed by atoms with Crippen LogP contribution in [0.25, 0.3) is 0 Å². The van der Waals surface area contributed by atoms with E-state index in [1.807, 2.05) is 0 Å². The van der Waals surface area contributed by atoms with E-state index in [1.54, 1.807) is 6.92 Å². The molecule has 0 radical (unpaired) electrons. The highest BCUT2D eigenvalue weighted by Crippen LogP contribution is 2.53. The zero-order chi connectivity index (χ0) is 14.9. The molecule has 0 N–H and O–H groups in total. The fourth-order valence-corrected chi connectivity index (χ4v) is 3.69. The fourth-order valence-electron chi connectivity index (χ4n) is 3.69. The zero-order valence-corrected chi connectivity index (χ0v) is 12.2. The van der Waals surface area contributed by atoms with Crippen LogP contribution in [-0.2, 0) is 23.9 Å². The minimum Gasteiger partial charge on any atom is -0.469 e. The lowest BCUT2D eigenvalue weighted by atomic mass is 9.57. The van der Waals surface area contributed by atoms with Crippen molar-refractivity contribution >= 4 is 17.7 Å². The van der Waals surface area contributed by atoms with Gasteiger partial charge in [0, 0.05) is 6.42 Å². The van der Waals surface area contributed by atoms with Gasteiger partial charge < -0.3 is 9.47 Å². The smallest absolute Gasteiger partial charge is 0.316 e. The topological polar surface area (TPSA) is 69.7 Å². The van der Waals surface area contributed by atoms with Crippen LogP contribution >= 0.6 is 0 Å². The number of hydrogen-bond donors (Lipinski definition) is 0. The molecular formula is C15H20O5. The van der Waals surface area contributed by atoms with Crippen LogP contribution in [0.15, 0.2) is 11.1 Å². The number of rotatable bonds is 2. The monoisotopic (exact) mass is 280 g/mol. The molecule has 110 valence electrons. The first-order chi connectivity index (χ1) is 9.48. The van der Waals surface area contributed by atoms with E-state index >= 15 is 0 Å². The van der Waals surface area contributed by atoms with Gasteiger partial charge >= 0.3 is 11.9 Å². The van der Waals surface area contributed by atoms with Gasteiger partial charge in [0.1, 0.15) is 5.41 Å². The highest BCUT2D eigenvalue weighted by atomic mass is 16.5. The lowest BCUT2D eigenvalue weighted by Crippen LogP contribution is -2.50. The number of carbonyl (C=O) groups excluding carboxylic acids is 3. The van der Waals surface area contributed by atoms with Gasteiger partial charge in [0.25, 0.3) is 0 Å². The van der Waals surface area contributed by atoms with E-state index in [2.05, 4.69) is 0 Å². The summed E-state index contributed by atoms with van der Waals surface area (Å²) in [5.41, 5.74) is 0.399. The predicted octanol–water partition coefficient (Wildman–Crippen LogP) is 1.80. The Morgan fingerprint density at radius 2 is 1.90 bits per heavy atom. The third-order valence-electron chi connectivity index (χ3n) is 4.71. The quantitative estimate of drug-likeness (QED) is 0.721. The van der Waals surface area contributed by atoms with Crippen molar-refractivity contribution in [3.05, 3.63) is 11.1 Å². The molecule has 5 heteroatoms. The number of ketones is 1. The van der Waals surface area contributed by atoms with E-state index in [0.29, 0.717) is 24.8 Å². The molecule has 0 saturated heterocycles. The normalized spacial score (nSPS) is 29.8. The zero-order valence-electron chi connectivity index (χ0n) is 12.2. The molecule has 2 aliphatic rings. The molecule has 0 aliphatic heterocycles. The summed E-state index contributed by atoms with van der Waals surface area (Å²) < 4.78 is 9.83. The van der Waals surface area contributed by atoms with Gasteiger partial charge in [0.15, 0.2) is 5.78 Å². The van der Waals surface area contributed by atoms with Gasteiger partial charge in [0.05, 0.1) is 20.1 Å². The van der Waals surface area contributed by atoms with Crippen LogP contribution in [0.1, 0.15) is 39.0 Å². The first kappa shape index (κ1) is 14.8. The number of allylic oxidation sites excluding steroid dienone is 1. The lowest BCUT2D eigenvalue weighted by molar-refractivity contribution is -0.167. The molecule has 0 aromatic carbocycles. The van der Waals surface area contributed by atoms with Crippen molar-refractivity contribution < 1.29 is 23.9 Å². The average Bonchev–Trinajstić information content (AvgIpc) is 2.48. The van der Waals surface area contributed by atoms with Crippen molar-refractivity contribution in [2.45, 2.75) is 39.0 Å². The Balaban J connectivity index is 2.60. The third kappa shape index (κ3) is 1.96. The van der Waals surface area contributed by atoms with Crippen LogP contribution in [-0.4, -0.2) is 31.9 Å². The molecule has 0 aromatic rings. The maximum Gasteiger partial charge on any atom is 0.316 e. The molecule has 5 nitrogen and oxygen atoms in total. The summed E-state index contributed by atoms with van der Waals surface area (Å²) in [6.07, 6.45) is 2.65. The standard InChI is InChI=1S/C15H20O5/c1-9-10-5-4-6-11(13(17)19-2)15(10,14(18)20-3)8-7-12(9)16/h11H,4-8H2,1-3H3. The second-order valence-electron chi connectivity index (χ2n) is 5.46. The van der Waals surface area contributed by atoms with Crippen LogP contribution in [0.5, 0.6) is 0 Å². The van der Waals surface area contributed by atoms with E-state index in [-0.39, 0.29) is 12.2 Å². The van der Waals surface area contributed by atoms with Crippen molar-refractivity contribution in [2.75, 3.05) is 14.2 Å². The number of methoxy groups -OCH3 is 2. The number of carbonyl (C=O) groups is 3. The van der Waals surface area contributed by atoms with E-state index < -0.39 is 23.3 Å². The highest BCUT2D eigenvalue weighted by molar-refractivity contribution is 6.01. The van der Waals surface area contributed by atoms with Crippen LogP contribution < -0.4 is 0 Å². The number of fused-ring (bicyclic) bond motifs is 1. The maximum atomic E-state index is 12.4. The fraction of sp³-hybridized carbons (Fsp3) is 0.667. The van der Waals surface area contributed by atoms with Crippen LogP contribution in [0.2, 0.25) is 0 Å². The van der Waals surface area contributed by atoms with Crippen molar-refractivity contribution in [1.82, 2.24) is 0 Å². The Morgan fingerprint density at radius 3 is 2.50 bits per heavy atom. The number of Topliss-reactive ketones (excluding diaryl/α,β-unsaturated/α-hetero) is 1. The van der Waals surface area contributed by atoms with Crippen LogP contribution in [0.3, 0.4) is 0 Å². The highest BCUT2D eigenvalue weighted by Gasteiger charge is 2.57. The summed E-state index contributed by atoms with van der Waals surface area (Å²) in [6.45, 7) is 1.74. The van der Waals surface area contributed by atoms with Gasteiger partial charge in [-0.3, -0.25) is 14.4 Å². The molecular weight excluding hydrogens is 260 g/mol. The Labute approximate surface area is 118 Å². The van der Waals surface area contributed by atoms with E-state index in [1.165, 1.54) is 14.2 Å². The Kier molecular flexibility index (Phi) is 3.97. The summed E-state index contributed by atoms with van der Waals surface area (Å²) in [7, 11) is 2.65. The minimum absolute atomic E-state index is 0.0602. The number of ether oxygens (including phenoxy) is 2. The summed E-state index contributed by atoms with van der Waals surface area (Å²) in [5, 5.41) is 0. The number of esters is 2. The predicted molar refractivity (Wildman–Crippen MR) is 70.7 cm³/mol. The minimum atomic E-state index is -1.00. The molecule has 2 unspecified atom stereocenters. The van der Waals surface area contributed by atoms with Gasteiger partial charge in [-0.1, -0.05) is 0 Å². The molecule has 0 heterocycles. The van der Waals surface area contributed by atoms with E-state index in [4.69, 9.17) is 9.47 Å². The lowest BCUT2D eigenvalue weighted by Gasteiger charge is -2.45. The maximum absolute atomic E-state index is 12.4. The first-order valence-electron chi connectivity index (χ1n) is 6.88. The summed E-state index contributed by atoms with van der Waals surface area (Å²) in [6, 6.07) is 0. The summed E-state index contributed by atoms with van der Waals surface area (Å²) in [4.78, 5) is 36.5. The van der Waals surface area contributed by atoms with E-state index in [0.717, 1.165) is 12.0 Å². The molecule has 1 saturated carbocycles. The van der Waals surface area contributed by atoms with E-state index in [9.17, 15) is 14.4 Å². The number of hydrogen-bond acceptors (Lipinski definition) is 5. The van der Waals surface area contributed by atoms with Gasteiger partial charge in [-0.15, -0.1) is 0 Å². The Hall–Kier alpha value is -1.65. The molecule has 2 atom stereocenters. The van der Waals surface area contributed by atoms with Gasteiger partial charge in [0.2, 0.25) is 0 Å². The van der Waals surface area contributed by atoms with Crippen molar-refractivity contribution in [1.29, 1.82) is 0 Å². The van der Waals surface area contributed by atoms with Crippen LogP contribution in [0, 0.1) is 11.3 Å². The summed E-state index contributed by atoms with van der Waals surface area (Å²) >= 11 is 0. The molecule has 0 amide bonds. The third-order valence-corrected chi connectivity index (χ3v) is 4.71. The average molecular weight is 280 g/mol. The largest absolute Gasteiger partial charge is 0.469 e. The molecule has 20 heavy (non-hydrogen) atoms. The Morgan fingerprint density at radius 1 is 1.20 bits per heavy atom. The second-order valence-corrected chi connectivity index (χ2v) is 5.46.